The maximum absolute atomic E-state index is 12.7. The van der Waals surface area contributed by atoms with Crippen LogP contribution in [-0.4, -0.2) is 15.9 Å². The number of para-hydroxylation sites is 1. The number of thiazole rings is 1. The highest BCUT2D eigenvalue weighted by Crippen LogP contribution is 2.23. The minimum atomic E-state index is -0.201. The summed E-state index contributed by atoms with van der Waals surface area (Å²) in [5.41, 5.74) is 3.09. The molecule has 2 heterocycles. The van der Waals surface area contributed by atoms with Crippen LogP contribution in [0.1, 0.15) is 26.4 Å². The number of anilines is 1. The fourth-order valence-electron chi connectivity index (χ4n) is 2.80. The lowest BCUT2D eigenvalue weighted by Gasteiger charge is -2.05. The average molecular weight is 370 g/mol. The van der Waals surface area contributed by atoms with Crippen LogP contribution < -0.4 is 5.32 Å². The molecular weight excluding hydrogens is 356 g/mol. The van der Waals surface area contributed by atoms with Crippen molar-refractivity contribution in [2.24, 2.45) is 0 Å². The molecule has 6 heteroatoms. The Hall–Kier alpha value is -3.56. The molecule has 0 fully saturated rings. The molecule has 0 atom stereocenters. The number of fused-ring (bicyclic) bond motifs is 1. The topological polar surface area (TPSA) is 78.7 Å². The minimum Gasteiger partial charge on any atom is -0.298 e. The Morgan fingerprint density at radius 2 is 1.89 bits per heavy atom. The van der Waals surface area contributed by atoms with Gasteiger partial charge in [0.05, 0.1) is 22.7 Å². The zero-order chi connectivity index (χ0) is 18.6. The van der Waals surface area contributed by atoms with Gasteiger partial charge in [0, 0.05) is 29.1 Å². The van der Waals surface area contributed by atoms with E-state index in [2.05, 4.69) is 21.4 Å². The summed E-state index contributed by atoms with van der Waals surface area (Å²) in [4.78, 5) is 22.3. The van der Waals surface area contributed by atoms with E-state index in [1.165, 1.54) is 11.3 Å². The Labute approximate surface area is 160 Å². The first kappa shape index (κ1) is 16.9. The SMILES string of the molecule is N#Cc1ccc(Cc2cnc(NC(=O)c3ccnc4ccccc34)s2)cc1. The number of nitrogens with one attached hydrogen (secondary N) is 1. The number of rotatable bonds is 4. The van der Waals surface area contributed by atoms with Gasteiger partial charge >= 0.3 is 0 Å². The normalized spacial score (nSPS) is 10.5. The van der Waals surface area contributed by atoms with Gasteiger partial charge < -0.3 is 0 Å². The van der Waals surface area contributed by atoms with Crippen LogP contribution in [0.25, 0.3) is 10.9 Å². The molecule has 0 unspecified atom stereocenters. The van der Waals surface area contributed by atoms with E-state index in [0.717, 1.165) is 21.3 Å². The summed E-state index contributed by atoms with van der Waals surface area (Å²) in [5, 5.41) is 13.1. The number of benzene rings is 2. The molecule has 0 aliphatic carbocycles. The lowest BCUT2D eigenvalue weighted by Crippen LogP contribution is -2.12. The number of amides is 1. The van der Waals surface area contributed by atoms with Gasteiger partial charge in [-0.2, -0.15) is 5.26 Å². The third-order valence-electron chi connectivity index (χ3n) is 4.13. The number of hydrogen-bond acceptors (Lipinski definition) is 5. The molecule has 2 aromatic heterocycles. The van der Waals surface area contributed by atoms with Gasteiger partial charge in [-0.05, 0) is 29.8 Å². The molecule has 1 N–H and O–H groups in total. The van der Waals surface area contributed by atoms with Gasteiger partial charge in [-0.3, -0.25) is 15.1 Å². The molecule has 1 amide bonds. The molecule has 4 aromatic rings. The number of hydrogen-bond donors (Lipinski definition) is 1. The monoisotopic (exact) mass is 370 g/mol. The van der Waals surface area contributed by atoms with Crippen molar-refractivity contribution in [2.45, 2.75) is 6.42 Å². The minimum absolute atomic E-state index is 0.201. The zero-order valence-electron chi connectivity index (χ0n) is 14.2. The molecule has 2 aromatic carbocycles. The van der Waals surface area contributed by atoms with Crippen molar-refractivity contribution in [2.75, 3.05) is 5.32 Å². The molecule has 5 nitrogen and oxygen atoms in total. The summed E-state index contributed by atoms with van der Waals surface area (Å²) < 4.78 is 0. The van der Waals surface area contributed by atoms with Crippen LogP contribution in [0.2, 0.25) is 0 Å². The highest BCUT2D eigenvalue weighted by Gasteiger charge is 2.12. The number of nitriles is 1. The van der Waals surface area contributed by atoms with Crippen molar-refractivity contribution in [1.82, 2.24) is 9.97 Å². The zero-order valence-corrected chi connectivity index (χ0v) is 15.0. The predicted octanol–water partition coefficient (Wildman–Crippen LogP) is 4.41. The van der Waals surface area contributed by atoms with Crippen molar-refractivity contribution in [3.05, 3.63) is 88.6 Å². The molecule has 0 spiro atoms. The summed E-state index contributed by atoms with van der Waals surface area (Å²) in [7, 11) is 0. The van der Waals surface area contributed by atoms with Crippen LogP contribution in [-0.2, 0) is 6.42 Å². The van der Waals surface area contributed by atoms with E-state index in [1.807, 2.05) is 36.4 Å². The Kier molecular flexibility index (Phi) is 4.60. The Morgan fingerprint density at radius 1 is 1.07 bits per heavy atom. The van der Waals surface area contributed by atoms with Crippen LogP contribution in [0.3, 0.4) is 0 Å². The molecule has 0 aliphatic rings. The van der Waals surface area contributed by atoms with Gasteiger partial charge in [-0.1, -0.05) is 30.3 Å². The van der Waals surface area contributed by atoms with Crippen molar-refractivity contribution in [3.63, 3.8) is 0 Å². The van der Waals surface area contributed by atoms with E-state index in [0.29, 0.717) is 22.7 Å². The van der Waals surface area contributed by atoms with Crippen LogP contribution >= 0.6 is 11.3 Å². The molecule has 0 saturated carbocycles. The second-order valence-electron chi connectivity index (χ2n) is 5.95. The number of carbonyl (C=O) groups is 1. The van der Waals surface area contributed by atoms with E-state index in [-0.39, 0.29) is 5.91 Å². The quantitative estimate of drug-likeness (QED) is 0.577. The summed E-state index contributed by atoms with van der Waals surface area (Å²) in [6, 6.07) is 18.8. The van der Waals surface area contributed by atoms with Gasteiger partial charge in [0.2, 0.25) is 0 Å². The highest BCUT2D eigenvalue weighted by atomic mass is 32.1. The largest absolute Gasteiger partial charge is 0.298 e. The van der Waals surface area contributed by atoms with Crippen molar-refractivity contribution >= 4 is 33.3 Å². The summed E-state index contributed by atoms with van der Waals surface area (Å²) in [6.07, 6.45) is 4.11. The Morgan fingerprint density at radius 3 is 2.70 bits per heavy atom. The Bertz CT molecular complexity index is 1150. The van der Waals surface area contributed by atoms with Gasteiger partial charge in [-0.15, -0.1) is 11.3 Å². The molecule has 4 rings (SSSR count). The smallest absolute Gasteiger partial charge is 0.258 e. The number of carbonyl (C=O) groups excluding carboxylic acids is 1. The number of aromatic nitrogens is 2. The van der Waals surface area contributed by atoms with Crippen molar-refractivity contribution in [1.29, 1.82) is 5.26 Å². The molecule has 130 valence electrons. The first-order valence-electron chi connectivity index (χ1n) is 8.32. The van der Waals surface area contributed by atoms with Crippen LogP contribution in [0.15, 0.2) is 67.0 Å². The summed E-state index contributed by atoms with van der Waals surface area (Å²) in [6.45, 7) is 0. The van der Waals surface area contributed by atoms with E-state index in [9.17, 15) is 4.79 Å². The van der Waals surface area contributed by atoms with Gasteiger partial charge in [-0.25, -0.2) is 4.98 Å². The third-order valence-corrected chi connectivity index (χ3v) is 5.04. The van der Waals surface area contributed by atoms with E-state index >= 15 is 0 Å². The van der Waals surface area contributed by atoms with Gasteiger partial charge in [0.15, 0.2) is 5.13 Å². The van der Waals surface area contributed by atoms with Crippen molar-refractivity contribution < 1.29 is 4.79 Å². The lowest BCUT2D eigenvalue weighted by atomic mass is 10.1. The molecular formula is C21H14N4OS. The van der Waals surface area contributed by atoms with Crippen LogP contribution in [0.5, 0.6) is 0 Å². The first-order valence-corrected chi connectivity index (χ1v) is 9.13. The van der Waals surface area contributed by atoms with Crippen LogP contribution in [0, 0.1) is 11.3 Å². The Balaban J connectivity index is 1.50. The summed E-state index contributed by atoms with van der Waals surface area (Å²) in [5.74, 6) is -0.201. The molecule has 0 aliphatic heterocycles. The average Bonchev–Trinajstić information content (AvgIpc) is 3.14. The maximum atomic E-state index is 12.7. The summed E-state index contributed by atoms with van der Waals surface area (Å²) >= 11 is 1.44. The van der Waals surface area contributed by atoms with E-state index in [4.69, 9.17) is 5.26 Å². The first-order chi connectivity index (χ1) is 13.2. The molecule has 0 saturated heterocycles. The number of pyridine rings is 1. The third kappa shape index (κ3) is 3.68. The fraction of sp³-hybridized carbons (Fsp3) is 0.0476. The maximum Gasteiger partial charge on any atom is 0.258 e. The second kappa shape index (κ2) is 7.36. The fourth-order valence-corrected chi connectivity index (χ4v) is 3.65. The molecule has 0 bridgehead atoms. The molecule has 0 radical (unpaired) electrons. The molecule has 27 heavy (non-hydrogen) atoms. The van der Waals surface area contributed by atoms with E-state index in [1.54, 1.807) is 30.6 Å². The second-order valence-corrected chi connectivity index (χ2v) is 7.06. The lowest BCUT2D eigenvalue weighted by molar-refractivity contribution is 0.102. The standard InChI is InChI=1S/C21H14N4OS/c22-12-15-7-5-14(6-8-15)11-16-13-24-21(27-16)25-20(26)18-9-10-23-19-4-2-1-3-17(18)19/h1-10,13H,11H2,(H,24,25,26). The number of nitrogens with zero attached hydrogens (tertiary/aromatic N) is 3. The predicted molar refractivity (Wildman–Crippen MR) is 106 cm³/mol. The van der Waals surface area contributed by atoms with Gasteiger partial charge in [0.25, 0.3) is 5.91 Å². The van der Waals surface area contributed by atoms with Crippen molar-refractivity contribution in [3.8, 4) is 6.07 Å². The van der Waals surface area contributed by atoms with Gasteiger partial charge in [0.1, 0.15) is 0 Å². The highest BCUT2D eigenvalue weighted by molar-refractivity contribution is 7.15. The van der Waals surface area contributed by atoms with E-state index < -0.39 is 0 Å². The van der Waals surface area contributed by atoms with Crippen LogP contribution in [0.4, 0.5) is 5.13 Å².